The summed E-state index contributed by atoms with van der Waals surface area (Å²) >= 11 is 0. The molecule has 7 heteroatoms. The van der Waals surface area contributed by atoms with Crippen LogP contribution in [0.25, 0.3) is 21.8 Å². The summed E-state index contributed by atoms with van der Waals surface area (Å²) in [6.45, 7) is 0.822. The molecule has 0 radical (unpaired) electrons. The quantitative estimate of drug-likeness (QED) is 0.500. The van der Waals surface area contributed by atoms with Gasteiger partial charge in [-0.25, -0.2) is 8.42 Å². The van der Waals surface area contributed by atoms with E-state index in [-0.39, 0.29) is 11.0 Å². The molecular weight excluding hydrogens is 398 g/mol. The van der Waals surface area contributed by atoms with Crippen LogP contribution >= 0.6 is 0 Å². The molecule has 1 aliphatic heterocycles. The monoisotopic (exact) mass is 419 g/mol. The van der Waals surface area contributed by atoms with Crippen LogP contribution in [0.1, 0.15) is 12.8 Å². The average Bonchev–Trinajstić information content (AvgIpc) is 2.79. The van der Waals surface area contributed by atoms with Crippen LogP contribution in [0.2, 0.25) is 0 Å². The summed E-state index contributed by atoms with van der Waals surface area (Å²) in [6, 6.07) is 18.7. The maximum Gasteiger partial charge on any atom is 0.245 e. The fraction of sp³-hybridized carbons (Fsp3) is 0.217. The third-order valence-electron chi connectivity index (χ3n) is 5.50. The summed E-state index contributed by atoms with van der Waals surface area (Å²) in [5.41, 5.74) is 1.34. The van der Waals surface area contributed by atoms with E-state index >= 15 is 0 Å². The first kappa shape index (κ1) is 19.0. The topological polar surface area (TPSA) is 72.4 Å². The van der Waals surface area contributed by atoms with Gasteiger partial charge in [-0.05, 0) is 37.1 Å². The van der Waals surface area contributed by atoms with Gasteiger partial charge in [-0.15, -0.1) is 0 Å². The number of piperidine rings is 1. The molecule has 152 valence electrons. The number of ether oxygens (including phenoxy) is 1. The molecule has 0 spiro atoms. The highest BCUT2D eigenvalue weighted by Gasteiger charge is 2.31. The van der Waals surface area contributed by atoms with Gasteiger partial charge >= 0.3 is 0 Å². The molecule has 0 aliphatic carbocycles. The van der Waals surface area contributed by atoms with E-state index in [4.69, 9.17) is 4.74 Å². The van der Waals surface area contributed by atoms with Crippen LogP contribution in [-0.2, 0) is 10.0 Å². The van der Waals surface area contributed by atoms with Gasteiger partial charge in [-0.3, -0.25) is 9.97 Å². The molecular formula is C23H21N3O3S. The highest BCUT2D eigenvalue weighted by Crippen LogP contribution is 2.29. The molecule has 2 aromatic carbocycles. The van der Waals surface area contributed by atoms with E-state index < -0.39 is 10.0 Å². The molecule has 30 heavy (non-hydrogen) atoms. The molecule has 0 unspecified atom stereocenters. The third-order valence-corrected chi connectivity index (χ3v) is 7.43. The minimum atomic E-state index is -3.62. The highest BCUT2D eigenvalue weighted by molar-refractivity contribution is 7.89. The van der Waals surface area contributed by atoms with Crippen molar-refractivity contribution in [2.45, 2.75) is 23.8 Å². The van der Waals surface area contributed by atoms with E-state index in [2.05, 4.69) is 9.97 Å². The minimum absolute atomic E-state index is 0.0466. The Morgan fingerprint density at radius 3 is 2.13 bits per heavy atom. The number of para-hydroxylation sites is 2. The predicted octanol–water partition coefficient (Wildman–Crippen LogP) is 4.02. The van der Waals surface area contributed by atoms with Gasteiger partial charge in [0.15, 0.2) is 0 Å². The molecule has 1 saturated heterocycles. The normalized spacial score (nSPS) is 16.1. The van der Waals surface area contributed by atoms with Crippen LogP contribution in [0.15, 0.2) is 78.0 Å². The highest BCUT2D eigenvalue weighted by atomic mass is 32.2. The summed E-state index contributed by atoms with van der Waals surface area (Å²) in [5, 5.41) is 1.85. The van der Waals surface area contributed by atoms with Crippen LogP contribution in [0, 0.1) is 0 Å². The molecule has 5 rings (SSSR count). The van der Waals surface area contributed by atoms with Crippen molar-refractivity contribution >= 4 is 31.8 Å². The number of pyridine rings is 2. The SMILES string of the molecule is O=S(=O)(c1cccc2cccnc12)N1CCC(Oc2cccc3cccnc23)CC1. The number of rotatable bonds is 4. The number of hydrogen-bond acceptors (Lipinski definition) is 5. The third kappa shape index (κ3) is 3.40. The summed E-state index contributed by atoms with van der Waals surface area (Å²) in [6.07, 6.45) is 4.58. The van der Waals surface area contributed by atoms with Gasteiger partial charge in [0.2, 0.25) is 10.0 Å². The maximum absolute atomic E-state index is 13.3. The lowest BCUT2D eigenvalue weighted by Gasteiger charge is -2.31. The van der Waals surface area contributed by atoms with Gasteiger partial charge in [-0.2, -0.15) is 4.31 Å². The second-order valence-electron chi connectivity index (χ2n) is 7.38. The van der Waals surface area contributed by atoms with Crippen LogP contribution < -0.4 is 4.74 Å². The maximum atomic E-state index is 13.3. The molecule has 0 saturated carbocycles. The predicted molar refractivity (Wildman–Crippen MR) is 116 cm³/mol. The van der Waals surface area contributed by atoms with E-state index in [0.717, 1.165) is 22.0 Å². The molecule has 1 fully saturated rings. The first-order chi connectivity index (χ1) is 14.6. The summed E-state index contributed by atoms with van der Waals surface area (Å²) < 4.78 is 34.3. The Morgan fingerprint density at radius 2 is 1.40 bits per heavy atom. The largest absolute Gasteiger partial charge is 0.488 e. The number of benzene rings is 2. The number of hydrogen-bond donors (Lipinski definition) is 0. The van der Waals surface area contributed by atoms with Gasteiger partial charge in [0.05, 0.1) is 5.52 Å². The second-order valence-corrected chi connectivity index (χ2v) is 9.29. The van der Waals surface area contributed by atoms with E-state index in [9.17, 15) is 8.42 Å². The zero-order chi connectivity index (χ0) is 20.6. The fourth-order valence-corrected chi connectivity index (χ4v) is 5.60. The Hall–Kier alpha value is -3.03. The van der Waals surface area contributed by atoms with E-state index in [1.807, 2.05) is 48.5 Å². The van der Waals surface area contributed by atoms with Crippen molar-refractivity contribution in [1.82, 2.24) is 14.3 Å². The Labute approximate surface area is 175 Å². The lowest BCUT2D eigenvalue weighted by molar-refractivity contribution is 0.136. The van der Waals surface area contributed by atoms with Crippen molar-refractivity contribution in [1.29, 1.82) is 0 Å². The molecule has 0 amide bonds. The smallest absolute Gasteiger partial charge is 0.245 e. The Kier molecular flexibility index (Phi) is 4.84. The number of fused-ring (bicyclic) bond motifs is 2. The molecule has 0 bridgehead atoms. The molecule has 0 N–H and O–H groups in total. The number of sulfonamides is 1. The summed E-state index contributed by atoms with van der Waals surface area (Å²) in [7, 11) is -3.62. The first-order valence-corrected chi connectivity index (χ1v) is 11.4. The van der Waals surface area contributed by atoms with Gasteiger partial charge in [0.1, 0.15) is 22.3 Å². The average molecular weight is 420 g/mol. The van der Waals surface area contributed by atoms with Crippen LogP contribution in [-0.4, -0.2) is 41.9 Å². The van der Waals surface area contributed by atoms with Gasteiger partial charge in [0, 0.05) is 36.3 Å². The summed E-state index contributed by atoms with van der Waals surface area (Å²) in [5.74, 6) is 0.743. The van der Waals surface area contributed by atoms with Crippen LogP contribution in [0.3, 0.4) is 0 Å². The van der Waals surface area contributed by atoms with E-state index in [1.165, 1.54) is 4.31 Å². The molecule has 2 aromatic heterocycles. The fourth-order valence-electron chi connectivity index (χ4n) is 3.96. The van der Waals surface area contributed by atoms with Gasteiger partial charge < -0.3 is 4.74 Å². The minimum Gasteiger partial charge on any atom is -0.488 e. The van der Waals surface area contributed by atoms with Crippen molar-refractivity contribution in [2.75, 3.05) is 13.1 Å². The van der Waals surface area contributed by atoms with Crippen molar-refractivity contribution in [3.63, 3.8) is 0 Å². The zero-order valence-electron chi connectivity index (χ0n) is 16.3. The van der Waals surface area contributed by atoms with Crippen molar-refractivity contribution in [2.24, 2.45) is 0 Å². The van der Waals surface area contributed by atoms with Crippen molar-refractivity contribution in [3.8, 4) is 5.75 Å². The Bertz CT molecular complexity index is 1310. The Morgan fingerprint density at radius 1 is 0.800 bits per heavy atom. The standard InChI is InChI=1S/C23H21N3O3S/c27-30(28,21-10-2-6-18-8-4-14-25-23(18)21)26-15-11-19(12-16-26)29-20-9-1-5-17-7-3-13-24-22(17)20/h1-10,13-14,19H,11-12,15-16H2. The zero-order valence-corrected chi connectivity index (χ0v) is 17.1. The van der Waals surface area contributed by atoms with Crippen LogP contribution in [0.5, 0.6) is 5.75 Å². The van der Waals surface area contributed by atoms with E-state index in [1.54, 1.807) is 24.5 Å². The molecule has 0 atom stereocenters. The van der Waals surface area contributed by atoms with Crippen molar-refractivity contribution < 1.29 is 13.2 Å². The first-order valence-electron chi connectivity index (χ1n) is 9.97. The molecule has 6 nitrogen and oxygen atoms in total. The lowest BCUT2D eigenvalue weighted by atomic mass is 10.1. The molecule has 1 aliphatic rings. The summed E-state index contributed by atoms with van der Waals surface area (Å²) in [4.78, 5) is 9.00. The lowest BCUT2D eigenvalue weighted by Crippen LogP contribution is -2.41. The number of aromatic nitrogens is 2. The van der Waals surface area contributed by atoms with E-state index in [0.29, 0.717) is 31.4 Å². The van der Waals surface area contributed by atoms with Gasteiger partial charge in [-0.1, -0.05) is 36.4 Å². The number of nitrogens with zero attached hydrogens (tertiary/aromatic N) is 3. The molecule has 3 heterocycles. The second kappa shape index (κ2) is 7.66. The Balaban J connectivity index is 1.34. The van der Waals surface area contributed by atoms with Crippen LogP contribution in [0.4, 0.5) is 0 Å². The molecule has 4 aromatic rings. The van der Waals surface area contributed by atoms with Crippen molar-refractivity contribution in [3.05, 3.63) is 73.1 Å². The van der Waals surface area contributed by atoms with Gasteiger partial charge in [0.25, 0.3) is 0 Å².